The number of rotatable bonds is 7. The minimum atomic E-state index is -4.52. The van der Waals surface area contributed by atoms with Crippen LogP contribution in [-0.2, 0) is 22.5 Å². The Labute approximate surface area is 158 Å². The van der Waals surface area contributed by atoms with E-state index in [4.69, 9.17) is 14.2 Å². The van der Waals surface area contributed by atoms with Gasteiger partial charge >= 0.3 is 12.1 Å². The number of aromatic amines is 1. The molecule has 1 N–H and O–H groups in total. The van der Waals surface area contributed by atoms with Crippen LogP contribution in [0.15, 0.2) is 29.1 Å². The van der Waals surface area contributed by atoms with Crippen LogP contribution in [0.3, 0.4) is 0 Å². The summed E-state index contributed by atoms with van der Waals surface area (Å²) in [6.07, 6.45) is -4.37. The van der Waals surface area contributed by atoms with E-state index in [0.29, 0.717) is 21.9 Å². The second kappa shape index (κ2) is 7.99. The zero-order valence-corrected chi connectivity index (χ0v) is 15.0. The van der Waals surface area contributed by atoms with Gasteiger partial charge in [0, 0.05) is 11.8 Å². The Kier molecular flexibility index (Phi) is 5.66. The first-order valence-corrected chi connectivity index (χ1v) is 8.66. The van der Waals surface area contributed by atoms with Gasteiger partial charge in [0.1, 0.15) is 6.54 Å². The number of benzene rings is 1. The van der Waals surface area contributed by atoms with Crippen LogP contribution in [0, 0.1) is 0 Å². The molecular formula is C18H19F3N2O5. The number of hydrogen-bond donors (Lipinski definition) is 1. The number of carbonyl (C=O) groups is 1. The lowest BCUT2D eigenvalue weighted by Crippen LogP contribution is -2.26. The Bertz CT molecular complexity index is 903. The monoisotopic (exact) mass is 400 g/mol. The summed E-state index contributed by atoms with van der Waals surface area (Å²) in [6.45, 7) is 0.584. The van der Waals surface area contributed by atoms with Crippen LogP contribution in [0.5, 0.6) is 11.5 Å². The van der Waals surface area contributed by atoms with E-state index in [2.05, 4.69) is 5.10 Å². The van der Waals surface area contributed by atoms with E-state index in [0.717, 1.165) is 11.6 Å². The Morgan fingerprint density at radius 1 is 1.29 bits per heavy atom. The van der Waals surface area contributed by atoms with Gasteiger partial charge in [-0.1, -0.05) is 6.07 Å². The van der Waals surface area contributed by atoms with Crippen molar-refractivity contribution in [3.05, 3.63) is 45.9 Å². The van der Waals surface area contributed by atoms with Gasteiger partial charge in [0.2, 0.25) is 6.79 Å². The molecule has 2 aromatic rings. The van der Waals surface area contributed by atoms with E-state index in [-0.39, 0.29) is 26.2 Å². The van der Waals surface area contributed by atoms with Crippen LogP contribution in [0.4, 0.5) is 13.2 Å². The average molecular weight is 400 g/mol. The summed E-state index contributed by atoms with van der Waals surface area (Å²) in [6, 6.07) is 6.28. The number of halogens is 3. The van der Waals surface area contributed by atoms with Gasteiger partial charge in [-0.2, -0.15) is 13.2 Å². The molecule has 0 spiro atoms. The summed E-state index contributed by atoms with van der Waals surface area (Å²) in [4.78, 5) is 23.8. The molecule has 3 rings (SSSR count). The van der Waals surface area contributed by atoms with Crippen LogP contribution in [0.25, 0.3) is 0 Å². The highest BCUT2D eigenvalue weighted by molar-refractivity contribution is 5.70. The lowest BCUT2D eigenvalue weighted by Gasteiger charge is -2.16. The SMILES string of the molecule is CCOC(=O)CC(Cc1cc(=O)n(CC(F)(F)F)[nH]1)c1ccc2c(c1)OCO2. The van der Waals surface area contributed by atoms with E-state index < -0.39 is 30.2 Å². The first-order chi connectivity index (χ1) is 13.2. The largest absolute Gasteiger partial charge is 0.466 e. The van der Waals surface area contributed by atoms with Crippen molar-refractivity contribution < 1.29 is 32.2 Å². The number of ether oxygens (including phenoxy) is 3. The molecule has 0 aliphatic carbocycles. The predicted octanol–water partition coefficient (Wildman–Crippen LogP) is 2.75. The fourth-order valence-corrected chi connectivity index (χ4v) is 3.05. The number of nitrogens with one attached hydrogen (secondary N) is 1. The van der Waals surface area contributed by atoms with Crippen molar-refractivity contribution >= 4 is 5.97 Å². The molecule has 1 aromatic carbocycles. The average Bonchev–Trinajstić information content (AvgIpc) is 3.19. The molecule has 1 aliphatic rings. The highest BCUT2D eigenvalue weighted by Crippen LogP contribution is 2.36. The van der Waals surface area contributed by atoms with Crippen LogP contribution in [0.1, 0.15) is 30.5 Å². The van der Waals surface area contributed by atoms with Gasteiger partial charge in [-0.15, -0.1) is 0 Å². The molecule has 152 valence electrons. The number of alkyl halides is 3. The Hall–Kier alpha value is -2.91. The maximum atomic E-state index is 12.6. The predicted molar refractivity (Wildman–Crippen MR) is 91.4 cm³/mol. The quantitative estimate of drug-likeness (QED) is 0.723. The van der Waals surface area contributed by atoms with Crippen molar-refractivity contribution in [2.45, 2.75) is 38.4 Å². The minimum absolute atomic E-state index is 0.0000346. The van der Waals surface area contributed by atoms with E-state index in [1.165, 1.54) is 0 Å². The normalized spacial score (nSPS) is 14.1. The van der Waals surface area contributed by atoms with Crippen LogP contribution < -0.4 is 15.0 Å². The molecule has 0 amide bonds. The van der Waals surface area contributed by atoms with Crippen molar-refractivity contribution in [1.29, 1.82) is 0 Å². The summed E-state index contributed by atoms with van der Waals surface area (Å²) in [5.74, 6) is 0.228. The second-order valence-corrected chi connectivity index (χ2v) is 6.34. The Morgan fingerprint density at radius 3 is 2.75 bits per heavy atom. The fourth-order valence-electron chi connectivity index (χ4n) is 3.05. The molecule has 2 heterocycles. The zero-order valence-electron chi connectivity index (χ0n) is 15.0. The first-order valence-electron chi connectivity index (χ1n) is 8.66. The van der Waals surface area contributed by atoms with Crippen molar-refractivity contribution in [1.82, 2.24) is 9.78 Å². The van der Waals surface area contributed by atoms with E-state index in [1.807, 2.05) is 0 Å². The summed E-state index contributed by atoms with van der Waals surface area (Å²) in [7, 11) is 0. The molecule has 0 bridgehead atoms. The summed E-state index contributed by atoms with van der Waals surface area (Å²) >= 11 is 0. The molecule has 0 radical (unpaired) electrons. The highest BCUT2D eigenvalue weighted by atomic mass is 19.4. The van der Waals surface area contributed by atoms with Gasteiger partial charge in [-0.05, 0) is 37.0 Å². The number of hydrogen-bond acceptors (Lipinski definition) is 5. The molecule has 1 atom stereocenters. The number of nitrogens with zero attached hydrogens (tertiary/aromatic N) is 1. The van der Waals surface area contributed by atoms with E-state index in [9.17, 15) is 22.8 Å². The molecule has 7 nitrogen and oxygen atoms in total. The molecule has 0 fully saturated rings. The topological polar surface area (TPSA) is 82.6 Å². The highest BCUT2D eigenvalue weighted by Gasteiger charge is 2.29. The number of carbonyl (C=O) groups excluding carboxylic acids is 1. The van der Waals surface area contributed by atoms with Crippen molar-refractivity contribution in [3.63, 3.8) is 0 Å². The maximum Gasteiger partial charge on any atom is 0.408 e. The Morgan fingerprint density at radius 2 is 2.04 bits per heavy atom. The van der Waals surface area contributed by atoms with Gasteiger partial charge in [-0.3, -0.25) is 14.7 Å². The second-order valence-electron chi connectivity index (χ2n) is 6.34. The summed E-state index contributed by atoms with van der Waals surface area (Å²) in [5.41, 5.74) is 0.232. The van der Waals surface area contributed by atoms with Gasteiger partial charge in [0.15, 0.2) is 11.5 Å². The smallest absolute Gasteiger partial charge is 0.408 e. The van der Waals surface area contributed by atoms with Gasteiger partial charge < -0.3 is 14.2 Å². The standard InChI is InChI=1S/C18H19F3N2O5/c1-2-26-17(25)7-12(11-3-4-14-15(6-11)28-10-27-14)5-13-8-16(24)23(22-13)9-18(19,20)21/h3-4,6,8,12,22H,2,5,7,9-10H2,1H3. The molecule has 0 saturated heterocycles. The number of H-pyrrole nitrogens is 1. The van der Waals surface area contributed by atoms with Crippen molar-refractivity contribution in [2.75, 3.05) is 13.4 Å². The number of aromatic nitrogens is 2. The third kappa shape index (κ3) is 4.87. The minimum Gasteiger partial charge on any atom is -0.466 e. The molecular weight excluding hydrogens is 381 g/mol. The number of esters is 1. The third-order valence-electron chi connectivity index (χ3n) is 4.23. The van der Waals surface area contributed by atoms with Gasteiger partial charge in [-0.25, -0.2) is 4.68 Å². The molecule has 28 heavy (non-hydrogen) atoms. The summed E-state index contributed by atoms with van der Waals surface area (Å²) in [5, 5.41) is 2.47. The van der Waals surface area contributed by atoms with Gasteiger partial charge in [0.05, 0.1) is 13.0 Å². The third-order valence-corrected chi connectivity index (χ3v) is 4.23. The molecule has 10 heteroatoms. The van der Waals surface area contributed by atoms with Crippen LogP contribution >= 0.6 is 0 Å². The lowest BCUT2D eigenvalue weighted by molar-refractivity contribution is -0.144. The van der Waals surface area contributed by atoms with Crippen molar-refractivity contribution in [2.24, 2.45) is 0 Å². The van der Waals surface area contributed by atoms with Crippen LogP contribution in [0.2, 0.25) is 0 Å². The van der Waals surface area contributed by atoms with E-state index >= 15 is 0 Å². The van der Waals surface area contributed by atoms with Crippen LogP contribution in [-0.4, -0.2) is 35.3 Å². The molecule has 1 aliphatic heterocycles. The Balaban J connectivity index is 1.84. The van der Waals surface area contributed by atoms with E-state index in [1.54, 1.807) is 25.1 Å². The maximum absolute atomic E-state index is 12.6. The lowest BCUT2D eigenvalue weighted by atomic mass is 9.91. The first kappa shape index (κ1) is 19.8. The fraction of sp³-hybridized carbons (Fsp3) is 0.444. The van der Waals surface area contributed by atoms with Crippen molar-refractivity contribution in [3.8, 4) is 11.5 Å². The van der Waals surface area contributed by atoms with Gasteiger partial charge in [0.25, 0.3) is 5.56 Å². The molecule has 0 saturated carbocycles. The molecule has 1 unspecified atom stereocenters. The zero-order chi connectivity index (χ0) is 20.3. The summed E-state index contributed by atoms with van der Waals surface area (Å²) < 4.78 is 53.8. The number of fused-ring (bicyclic) bond motifs is 1. The molecule has 1 aromatic heterocycles.